The molecule has 0 aliphatic carbocycles. The van der Waals surface area contributed by atoms with E-state index in [1.807, 2.05) is 31.2 Å². The van der Waals surface area contributed by atoms with Gasteiger partial charge in [0.25, 0.3) is 11.1 Å². The first-order valence-corrected chi connectivity index (χ1v) is 9.48. The van der Waals surface area contributed by atoms with Crippen LogP contribution in [0.2, 0.25) is 0 Å². The van der Waals surface area contributed by atoms with Crippen LogP contribution in [0.25, 0.3) is 5.57 Å². The monoisotopic (exact) mass is 367 g/mol. The van der Waals surface area contributed by atoms with Crippen molar-refractivity contribution in [2.45, 2.75) is 33.1 Å². The second-order valence-electron chi connectivity index (χ2n) is 6.28. The Balaban J connectivity index is 1.86. The number of carbonyl (C=O) groups is 2. The number of rotatable bonds is 5. The number of phenols is 1. The molecule has 134 valence electrons. The van der Waals surface area contributed by atoms with Crippen LogP contribution < -0.4 is 4.90 Å². The van der Waals surface area contributed by atoms with Crippen LogP contribution in [0.3, 0.4) is 0 Å². The fraction of sp³-hybridized carbons (Fsp3) is 0.238. The minimum Gasteiger partial charge on any atom is -0.508 e. The average Bonchev–Trinajstić information content (AvgIpc) is 2.95. The standard InChI is InChI=1S/C21H21NO3S/c1-3-4-5-15-6-10-17(11-7-15)22-20(24)19(26-21(22)25)14(2)16-8-12-18(23)13-9-16/h6-13,23H,3-5H2,1-2H3/b19-14-. The van der Waals surface area contributed by atoms with Gasteiger partial charge in [0.1, 0.15) is 5.75 Å². The second-order valence-corrected chi connectivity index (χ2v) is 7.24. The van der Waals surface area contributed by atoms with Crippen molar-refractivity contribution in [3.63, 3.8) is 0 Å². The molecule has 2 aromatic carbocycles. The number of benzene rings is 2. The predicted molar refractivity (Wildman–Crippen MR) is 106 cm³/mol. The van der Waals surface area contributed by atoms with E-state index < -0.39 is 0 Å². The SMILES string of the molecule is CCCCc1ccc(N2C(=O)S/C(=C(/C)c3ccc(O)cc3)C2=O)cc1. The van der Waals surface area contributed by atoms with E-state index in [1.165, 1.54) is 10.5 Å². The maximum atomic E-state index is 12.8. The molecule has 0 unspecified atom stereocenters. The molecule has 2 amide bonds. The van der Waals surface area contributed by atoms with E-state index in [1.54, 1.807) is 24.3 Å². The zero-order valence-electron chi connectivity index (χ0n) is 14.9. The molecule has 4 nitrogen and oxygen atoms in total. The summed E-state index contributed by atoms with van der Waals surface area (Å²) in [6.45, 7) is 3.97. The maximum Gasteiger partial charge on any atom is 0.298 e. The first kappa shape index (κ1) is 18.3. The van der Waals surface area contributed by atoms with Crippen molar-refractivity contribution < 1.29 is 14.7 Å². The Labute approximate surface area is 157 Å². The quantitative estimate of drug-likeness (QED) is 0.722. The molecule has 1 fully saturated rings. The lowest BCUT2D eigenvalue weighted by Gasteiger charge is -2.13. The van der Waals surface area contributed by atoms with Gasteiger partial charge in [0.2, 0.25) is 0 Å². The van der Waals surface area contributed by atoms with Crippen LogP contribution in [-0.4, -0.2) is 16.3 Å². The van der Waals surface area contributed by atoms with Gasteiger partial charge in [0.05, 0.1) is 10.6 Å². The van der Waals surface area contributed by atoms with Crippen molar-refractivity contribution in [1.29, 1.82) is 0 Å². The van der Waals surface area contributed by atoms with Crippen LogP contribution in [0.1, 0.15) is 37.8 Å². The molecule has 2 aromatic rings. The predicted octanol–water partition coefficient (Wildman–Crippen LogP) is 5.37. The molecule has 5 heteroatoms. The van der Waals surface area contributed by atoms with Crippen LogP contribution in [-0.2, 0) is 11.2 Å². The van der Waals surface area contributed by atoms with Crippen molar-refractivity contribution in [3.05, 3.63) is 64.6 Å². The average molecular weight is 367 g/mol. The molecule has 0 radical (unpaired) electrons. The summed E-state index contributed by atoms with van der Waals surface area (Å²) in [6, 6.07) is 14.2. The minimum atomic E-state index is -0.299. The fourth-order valence-corrected chi connectivity index (χ4v) is 3.76. The summed E-state index contributed by atoms with van der Waals surface area (Å²) in [5.41, 5.74) is 3.35. The largest absolute Gasteiger partial charge is 0.508 e. The van der Waals surface area contributed by atoms with Gasteiger partial charge in [-0.15, -0.1) is 0 Å². The van der Waals surface area contributed by atoms with Crippen LogP contribution in [0.15, 0.2) is 53.4 Å². The third-order valence-corrected chi connectivity index (χ3v) is 5.47. The molecule has 0 atom stereocenters. The van der Waals surface area contributed by atoms with Crippen LogP contribution in [0, 0.1) is 0 Å². The highest BCUT2D eigenvalue weighted by Crippen LogP contribution is 2.39. The number of anilines is 1. The van der Waals surface area contributed by atoms with Crippen LogP contribution in [0.5, 0.6) is 5.75 Å². The van der Waals surface area contributed by atoms with Crippen molar-refractivity contribution in [1.82, 2.24) is 0 Å². The Kier molecular flexibility index (Phi) is 5.47. The van der Waals surface area contributed by atoms with E-state index in [0.717, 1.165) is 42.2 Å². The number of aromatic hydroxyl groups is 1. The van der Waals surface area contributed by atoms with E-state index in [9.17, 15) is 14.7 Å². The summed E-state index contributed by atoms with van der Waals surface area (Å²) in [7, 11) is 0. The van der Waals surface area contributed by atoms with Crippen molar-refractivity contribution in [2.75, 3.05) is 4.90 Å². The van der Waals surface area contributed by atoms with Gasteiger partial charge < -0.3 is 5.11 Å². The Morgan fingerprint density at radius 2 is 1.69 bits per heavy atom. The van der Waals surface area contributed by atoms with E-state index in [4.69, 9.17) is 0 Å². The minimum absolute atomic E-state index is 0.165. The number of unbranched alkanes of at least 4 members (excludes halogenated alkanes) is 1. The van der Waals surface area contributed by atoms with E-state index in [0.29, 0.717) is 10.6 Å². The Bertz CT molecular complexity index is 854. The zero-order chi connectivity index (χ0) is 18.7. The van der Waals surface area contributed by atoms with Crippen molar-refractivity contribution in [3.8, 4) is 5.75 Å². The number of allylic oxidation sites excluding steroid dienone is 1. The summed E-state index contributed by atoms with van der Waals surface area (Å²) >= 11 is 0.956. The molecule has 26 heavy (non-hydrogen) atoms. The summed E-state index contributed by atoms with van der Waals surface area (Å²) in [6.07, 6.45) is 3.25. The van der Waals surface area contributed by atoms with E-state index in [2.05, 4.69) is 6.92 Å². The van der Waals surface area contributed by atoms with Gasteiger partial charge >= 0.3 is 0 Å². The molecule has 0 aromatic heterocycles. The highest BCUT2D eigenvalue weighted by molar-refractivity contribution is 8.19. The van der Waals surface area contributed by atoms with Gasteiger partial charge in [-0.25, -0.2) is 4.90 Å². The van der Waals surface area contributed by atoms with Gasteiger partial charge in [0.15, 0.2) is 0 Å². The Hall–Kier alpha value is -2.53. The molecule has 0 spiro atoms. The molecule has 0 bridgehead atoms. The number of hydrogen-bond donors (Lipinski definition) is 1. The fourth-order valence-electron chi connectivity index (χ4n) is 2.86. The zero-order valence-corrected chi connectivity index (χ0v) is 15.7. The number of aryl methyl sites for hydroxylation is 1. The number of hydrogen-bond acceptors (Lipinski definition) is 4. The normalized spacial score (nSPS) is 16.3. The number of phenolic OH excluding ortho intramolecular Hbond substituents is 1. The lowest BCUT2D eigenvalue weighted by molar-refractivity contribution is -0.113. The summed E-state index contributed by atoms with van der Waals surface area (Å²) in [4.78, 5) is 26.9. The third kappa shape index (κ3) is 3.68. The molecular weight excluding hydrogens is 346 g/mol. The van der Waals surface area contributed by atoms with Crippen LogP contribution in [0.4, 0.5) is 10.5 Å². The number of nitrogens with zero attached hydrogens (tertiary/aromatic N) is 1. The molecule has 1 aliphatic rings. The molecule has 3 rings (SSSR count). The maximum absolute atomic E-state index is 12.8. The lowest BCUT2D eigenvalue weighted by atomic mass is 10.1. The number of imide groups is 1. The van der Waals surface area contributed by atoms with E-state index in [-0.39, 0.29) is 16.9 Å². The summed E-state index contributed by atoms with van der Waals surface area (Å²) in [5, 5.41) is 9.13. The van der Waals surface area contributed by atoms with E-state index >= 15 is 0 Å². The van der Waals surface area contributed by atoms with Gasteiger partial charge in [-0.3, -0.25) is 9.59 Å². The number of amides is 2. The molecule has 1 heterocycles. The van der Waals surface area contributed by atoms with Crippen molar-refractivity contribution >= 4 is 34.2 Å². The smallest absolute Gasteiger partial charge is 0.298 e. The van der Waals surface area contributed by atoms with Crippen LogP contribution >= 0.6 is 11.8 Å². The highest BCUT2D eigenvalue weighted by Gasteiger charge is 2.37. The van der Waals surface area contributed by atoms with Crippen molar-refractivity contribution in [2.24, 2.45) is 0 Å². The molecular formula is C21H21NO3S. The lowest BCUT2D eigenvalue weighted by Crippen LogP contribution is -2.27. The highest BCUT2D eigenvalue weighted by atomic mass is 32.2. The molecule has 1 N–H and O–H groups in total. The van der Waals surface area contributed by atoms with Gasteiger partial charge in [-0.2, -0.15) is 0 Å². The summed E-state index contributed by atoms with van der Waals surface area (Å²) < 4.78 is 0. The third-order valence-electron chi connectivity index (χ3n) is 4.42. The Morgan fingerprint density at radius 1 is 1.04 bits per heavy atom. The van der Waals surface area contributed by atoms with Gasteiger partial charge in [0, 0.05) is 0 Å². The number of thioether (sulfide) groups is 1. The van der Waals surface area contributed by atoms with Gasteiger partial charge in [-0.05, 0) is 72.5 Å². The topological polar surface area (TPSA) is 57.6 Å². The molecule has 1 aliphatic heterocycles. The molecule has 0 saturated carbocycles. The van der Waals surface area contributed by atoms with Gasteiger partial charge in [-0.1, -0.05) is 37.6 Å². The molecule has 1 saturated heterocycles. The summed E-state index contributed by atoms with van der Waals surface area (Å²) in [5.74, 6) is -0.135. The Morgan fingerprint density at radius 3 is 2.31 bits per heavy atom. The first-order chi connectivity index (χ1) is 12.5. The second kappa shape index (κ2) is 7.79. The first-order valence-electron chi connectivity index (χ1n) is 8.66. The number of carbonyl (C=O) groups excluding carboxylic acids is 2.